The number of nitrogens with zero attached hydrogens (tertiary/aromatic N) is 3. The molecule has 0 aromatic heterocycles. The average Bonchev–Trinajstić information content (AvgIpc) is 2.45. The number of amides is 1. The number of ether oxygens (including phenoxy) is 2. The van der Waals surface area contributed by atoms with E-state index in [0.717, 1.165) is 7.11 Å². The van der Waals surface area contributed by atoms with E-state index in [1.54, 1.807) is 0 Å². The maximum Gasteiger partial charge on any atom is 0.340 e. The van der Waals surface area contributed by atoms with Gasteiger partial charge in [0.15, 0.2) is 0 Å². The molecule has 0 unspecified atom stereocenters. The van der Waals surface area contributed by atoms with Gasteiger partial charge in [-0.05, 0) is 23.7 Å². The Labute approximate surface area is 114 Å². The maximum absolute atomic E-state index is 11.4. The second kappa shape index (κ2) is 6.81. The highest BCUT2D eigenvalue weighted by atomic mass is 16.5. The molecule has 20 heavy (non-hydrogen) atoms. The summed E-state index contributed by atoms with van der Waals surface area (Å²) in [6.07, 6.45) is 1.29. The molecule has 8 nitrogen and oxygen atoms in total. The lowest BCUT2D eigenvalue weighted by molar-refractivity contribution is -0.136. The van der Waals surface area contributed by atoms with Crippen LogP contribution in [0.2, 0.25) is 0 Å². The van der Waals surface area contributed by atoms with Gasteiger partial charge in [-0.3, -0.25) is 4.79 Å². The Kier molecular flexibility index (Phi) is 5.13. The van der Waals surface area contributed by atoms with E-state index in [4.69, 9.17) is 16.0 Å². The van der Waals surface area contributed by atoms with Gasteiger partial charge in [0, 0.05) is 16.0 Å². The van der Waals surface area contributed by atoms with Crippen molar-refractivity contribution in [1.82, 2.24) is 0 Å². The van der Waals surface area contributed by atoms with Crippen molar-refractivity contribution in [2.24, 2.45) is 10.8 Å². The summed E-state index contributed by atoms with van der Waals surface area (Å²) in [4.78, 5) is 25.0. The number of nitrogens with two attached hydrogens (primary N) is 1. The molecule has 0 atom stereocenters. The van der Waals surface area contributed by atoms with E-state index in [-0.39, 0.29) is 11.3 Å². The van der Waals surface area contributed by atoms with Crippen LogP contribution in [0.15, 0.2) is 29.0 Å². The Morgan fingerprint density at radius 1 is 1.40 bits per heavy atom. The summed E-state index contributed by atoms with van der Waals surface area (Å²) in [6.45, 7) is 0. The van der Waals surface area contributed by atoms with E-state index in [2.05, 4.69) is 14.8 Å². The normalized spacial score (nSPS) is 10.4. The number of azide groups is 1. The number of carbonyl (C=O) groups is 2. The first-order chi connectivity index (χ1) is 9.53. The van der Waals surface area contributed by atoms with E-state index in [9.17, 15) is 9.59 Å². The van der Waals surface area contributed by atoms with Crippen molar-refractivity contribution < 1.29 is 19.1 Å². The van der Waals surface area contributed by atoms with Crippen molar-refractivity contribution in [1.29, 1.82) is 0 Å². The van der Waals surface area contributed by atoms with Gasteiger partial charge in [-0.1, -0.05) is 11.2 Å². The Balaban J connectivity index is 3.34. The first kappa shape index (κ1) is 15.1. The predicted octanol–water partition coefficient (Wildman–Crippen LogP) is 1.62. The highest BCUT2D eigenvalue weighted by molar-refractivity contribution is 5.95. The van der Waals surface area contributed by atoms with Crippen LogP contribution >= 0.6 is 0 Å². The molecule has 0 aliphatic rings. The Morgan fingerprint density at radius 3 is 2.60 bits per heavy atom. The summed E-state index contributed by atoms with van der Waals surface area (Å²) in [5.74, 6) is -1.10. The molecule has 0 saturated carbocycles. The van der Waals surface area contributed by atoms with E-state index in [0.29, 0.717) is 11.3 Å². The maximum atomic E-state index is 11.4. The Hall–Kier alpha value is -2.99. The van der Waals surface area contributed by atoms with Gasteiger partial charge in [-0.2, -0.15) is 0 Å². The summed E-state index contributed by atoms with van der Waals surface area (Å²) in [7, 11) is 2.55. The summed E-state index contributed by atoms with van der Waals surface area (Å²) < 4.78 is 9.57. The molecule has 1 aromatic carbocycles. The lowest BCUT2D eigenvalue weighted by Gasteiger charge is -2.07. The minimum Gasteiger partial charge on any atom is -0.496 e. The predicted molar refractivity (Wildman–Crippen MR) is 70.7 cm³/mol. The molecule has 0 spiro atoms. The number of rotatable bonds is 5. The highest BCUT2D eigenvalue weighted by Gasteiger charge is 2.11. The SMILES string of the molecule is COC(=O)/C(=C/c1ccc(C(N)=O)cc1OC)N=[N+]=[N-]. The number of hydrogen-bond donors (Lipinski definition) is 1. The Bertz CT molecular complexity index is 618. The third-order valence-electron chi connectivity index (χ3n) is 2.36. The van der Waals surface area contributed by atoms with Crippen molar-refractivity contribution in [2.75, 3.05) is 14.2 Å². The molecule has 0 bridgehead atoms. The fourth-order valence-electron chi connectivity index (χ4n) is 1.41. The number of benzene rings is 1. The van der Waals surface area contributed by atoms with Crippen LogP contribution in [0.5, 0.6) is 5.75 Å². The molecule has 0 heterocycles. The van der Waals surface area contributed by atoms with E-state index in [1.165, 1.54) is 31.4 Å². The zero-order valence-corrected chi connectivity index (χ0v) is 10.9. The molecule has 1 amide bonds. The quantitative estimate of drug-likeness (QED) is 0.288. The van der Waals surface area contributed by atoms with Gasteiger partial charge in [0.1, 0.15) is 11.4 Å². The molecule has 8 heteroatoms. The molecule has 2 N–H and O–H groups in total. The Morgan fingerprint density at radius 2 is 2.10 bits per heavy atom. The van der Waals surface area contributed by atoms with Gasteiger partial charge in [0.25, 0.3) is 0 Å². The molecule has 104 valence electrons. The number of carbonyl (C=O) groups excluding carboxylic acids is 2. The topological polar surface area (TPSA) is 127 Å². The second-order valence-electron chi connectivity index (χ2n) is 3.53. The summed E-state index contributed by atoms with van der Waals surface area (Å²) in [5, 5.41) is 3.24. The molecular weight excluding hydrogens is 264 g/mol. The first-order valence-electron chi connectivity index (χ1n) is 5.36. The molecule has 0 aliphatic heterocycles. The van der Waals surface area contributed by atoms with Gasteiger partial charge in [-0.25, -0.2) is 4.79 Å². The van der Waals surface area contributed by atoms with Gasteiger partial charge >= 0.3 is 5.97 Å². The zero-order valence-electron chi connectivity index (χ0n) is 10.9. The number of hydrogen-bond acceptors (Lipinski definition) is 5. The molecule has 1 rings (SSSR count). The lowest BCUT2D eigenvalue weighted by Crippen LogP contribution is -2.11. The lowest BCUT2D eigenvalue weighted by atomic mass is 10.1. The van der Waals surface area contributed by atoms with Gasteiger partial charge in [-0.15, -0.1) is 0 Å². The third kappa shape index (κ3) is 3.50. The van der Waals surface area contributed by atoms with E-state index in [1.807, 2.05) is 0 Å². The minimum atomic E-state index is -0.788. The van der Waals surface area contributed by atoms with Gasteiger partial charge in [0.2, 0.25) is 5.91 Å². The highest BCUT2D eigenvalue weighted by Crippen LogP contribution is 2.23. The van der Waals surface area contributed by atoms with Crippen molar-refractivity contribution in [3.8, 4) is 5.75 Å². The van der Waals surface area contributed by atoms with Crippen LogP contribution in [0.1, 0.15) is 15.9 Å². The van der Waals surface area contributed by atoms with Crippen molar-refractivity contribution in [3.63, 3.8) is 0 Å². The number of primary amides is 1. The van der Waals surface area contributed by atoms with Crippen LogP contribution in [-0.2, 0) is 9.53 Å². The van der Waals surface area contributed by atoms with Crippen LogP contribution in [0.3, 0.4) is 0 Å². The van der Waals surface area contributed by atoms with Crippen LogP contribution in [0.4, 0.5) is 0 Å². The van der Waals surface area contributed by atoms with Crippen molar-refractivity contribution in [2.45, 2.75) is 0 Å². The minimum absolute atomic E-state index is 0.236. The average molecular weight is 276 g/mol. The third-order valence-corrected chi connectivity index (χ3v) is 2.36. The van der Waals surface area contributed by atoms with E-state index >= 15 is 0 Å². The van der Waals surface area contributed by atoms with Crippen molar-refractivity contribution in [3.05, 3.63) is 45.5 Å². The van der Waals surface area contributed by atoms with Gasteiger partial charge in [0.05, 0.1) is 14.2 Å². The van der Waals surface area contributed by atoms with Crippen LogP contribution in [0, 0.1) is 0 Å². The molecule has 0 aliphatic carbocycles. The molecule has 1 aromatic rings. The molecule has 0 radical (unpaired) electrons. The van der Waals surface area contributed by atoms with Crippen LogP contribution < -0.4 is 10.5 Å². The number of esters is 1. The second-order valence-corrected chi connectivity index (χ2v) is 3.53. The zero-order chi connectivity index (χ0) is 15.1. The molecular formula is C12H12N4O4. The van der Waals surface area contributed by atoms with Crippen LogP contribution in [-0.4, -0.2) is 26.1 Å². The first-order valence-corrected chi connectivity index (χ1v) is 5.36. The summed E-state index contributed by atoms with van der Waals surface area (Å²) in [6, 6.07) is 4.38. The fourth-order valence-corrected chi connectivity index (χ4v) is 1.41. The van der Waals surface area contributed by atoms with Gasteiger partial charge < -0.3 is 15.2 Å². The standard InChI is InChI=1S/C12H12N4O4/c1-19-10-6-8(11(13)17)4-3-7(10)5-9(15-16-14)12(18)20-2/h3-6H,1-2H3,(H2,13,17)/b9-5-. The van der Waals surface area contributed by atoms with Crippen LogP contribution in [0.25, 0.3) is 16.5 Å². The van der Waals surface area contributed by atoms with Crippen molar-refractivity contribution >= 4 is 18.0 Å². The monoisotopic (exact) mass is 276 g/mol. The van der Waals surface area contributed by atoms with E-state index < -0.39 is 11.9 Å². The summed E-state index contributed by atoms with van der Waals surface area (Å²) in [5.41, 5.74) is 14.0. The molecule has 0 fully saturated rings. The summed E-state index contributed by atoms with van der Waals surface area (Å²) >= 11 is 0. The number of methoxy groups -OCH3 is 2. The molecule has 0 saturated heterocycles. The fraction of sp³-hybridized carbons (Fsp3) is 0.167. The largest absolute Gasteiger partial charge is 0.496 e. The smallest absolute Gasteiger partial charge is 0.340 e.